The van der Waals surface area contributed by atoms with Gasteiger partial charge >= 0.3 is 0 Å². The Balaban J connectivity index is 2.51. The van der Waals surface area contributed by atoms with Gasteiger partial charge in [-0.15, -0.1) is 11.3 Å². The zero-order chi connectivity index (χ0) is 14.0. The van der Waals surface area contributed by atoms with Crippen LogP contribution in [0.25, 0.3) is 0 Å². The molecule has 19 heavy (non-hydrogen) atoms. The van der Waals surface area contributed by atoms with Crippen molar-refractivity contribution in [2.75, 3.05) is 6.54 Å². The van der Waals surface area contributed by atoms with Crippen LogP contribution in [0.1, 0.15) is 23.4 Å². The van der Waals surface area contributed by atoms with Crippen molar-refractivity contribution in [2.45, 2.75) is 13.0 Å². The van der Waals surface area contributed by atoms with Crippen molar-refractivity contribution >= 4 is 22.9 Å². The van der Waals surface area contributed by atoms with Crippen molar-refractivity contribution in [2.24, 2.45) is 0 Å². The van der Waals surface area contributed by atoms with Crippen molar-refractivity contribution in [3.63, 3.8) is 0 Å². The van der Waals surface area contributed by atoms with Crippen LogP contribution in [0.2, 0.25) is 4.34 Å². The molecule has 0 aliphatic carbocycles. The van der Waals surface area contributed by atoms with E-state index in [1.54, 1.807) is 12.1 Å². The molecule has 0 amide bonds. The lowest BCUT2D eigenvalue weighted by Gasteiger charge is -2.18. The van der Waals surface area contributed by atoms with E-state index in [0.29, 0.717) is 27.9 Å². The molecule has 1 N–H and O–H groups in total. The van der Waals surface area contributed by atoms with E-state index in [1.165, 1.54) is 11.3 Å². The Bertz CT molecular complexity index is 562. The molecule has 1 heterocycles. The first-order valence-electron chi connectivity index (χ1n) is 5.66. The Morgan fingerprint density at radius 2 is 1.84 bits per heavy atom. The second-order valence-electron chi connectivity index (χ2n) is 3.92. The minimum Gasteiger partial charge on any atom is -0.306 e. The highest BCUT2D eigenvalue weighted by atomic mass is 35.5. The summed E-state index contributed by atoms with van der Waals surface area (Å²) in [5, 5.41) is 2.98. The van der Waals surface area contributed by atoms with Crippen LogP contribution in [-0.4, -0.2) is 6.54 Å². The Hall–Kier alpha value is -1.04. The summed E-state index contributed by atoms with van der Waals surface area (Å²) in [4.78, 5) is 0.677. The van der Waals surface area contributed by atoms with Gasteiger partial charge in [-0.1, -0.05) is 18.5 Å². The van der Waals surface area contributed by atoms with Crippen LogP contribution < -0.4 is 5.32 Å². The lowest BCUT2D eigenvalue weighted by Crippen LogP contribution is -2.23. The average Bonchev–Trinajstić information content (AvgIpc) is 2.73. The van der Waals surface area contributed by atoms with Gasteiger partial charge in [-0.2, -0.15) is 0 Å². The molecule has 1 aromatic heterocycles. The summed E-state index contributed by atoms with van der Waals surface area (Å²) >= 11 is 7.07. The van der Waals surface area contributed by atoms with Crippen LogP contribution >= 0.6 is 22.9 Å². The Morgan fingerprint density at radius 1 is 1.21 bits per heavy atom. The quantitative estimate of drug-likeness (QED) is 0.876. The molecule has 1 nitrogen and oxygen atoms in total. The zero-order valence-electron chi connectivity index (χ0n) is 10.0. The van der Waals surface area contributed by atoms with E-state index in [4.69, 9.17) is 11.6 Å². The van der Waals surface area contributed by atoms with E-state index in [1.807, 2.05) is 6.92 Å². The molecule has 2 rings (SSSR count). The Labute approximate surface area is 118 Å². The van der Waals surface area contributed by atoms with Crippen molar-refractivity contribution in [1.29, 1.82) is 0 Å². The van der Waals surface area contributed by atoms with Gasteiger partial charge < -0.3 is 5.32 Å². The van der Waals surface area contributed by atoms with Crippen LogP contribution in [0.15, 0.2) is 24.3 Å². The summed E-state index contributed by atoms with van der Waals surface area (Å²) in [5.41, 5.74) is -0.193. The van der Waals surface area contributed by atoms with Gasteiger partial charge in [0.05, 0.1) is 10.4 Å². The fraction of sp³-hybridized carbons (Fsp3) is 0.231. The standard InChI is InChI=1S/C13H11ClF3NS/c1-2-18-13(10-3-4-11(14)19-10)12-8(16)5-7(15)6-9(12)17/h3-6,13,18H,2H2,1H3. The maximum absolute atomic E-state index is 13.8. The monoisotopic (exact) mass is 305 g/mol. The van der Waals surface area contributed by atoms with Crippen molar-refractivity contribution < 1.29 is 13.2 Å². The van der Waals surface area contributed by atoms with Crippen LogP contribution in [-0.2, 0) is 0 Å². The molecule has 0 bridgehead atoms. The molecule has 0 saturated carbocycles. The third-order valence-corrected chi connectivity index (χ3v) is 3.92. The SMILES string of the molecule is CCNC(c1ccc(Cl)s1)c1c(F)cc(F)cc1F. The van der Waals surface area contributed by atoms with Gasteiger partial charge in [0.1, 0.15) is 17.5 Å². The second-order valence-corrected chi connectivity index (χ2v) is 5.66. The first kappa shape index (κ1) is 14.4. The summed E-state index contributed by atoms with van der Waals surface area (Å²) in [5.74, 6) is -2.75. The topological polar surface area (TPSA) is 12.0 Å². The highest BCUT2D eigenvalue weighted by molar-refractivity contribution is 7.16. The lowest BCUT2D eigenvalue weighted by atomic mass is 10.0. The minimum absolute atomic E-state index is 0.193. The number of benzene rings is 1. The van der Waals surface area contributed by atoms with Gasteiger partial charge in [-0.25, -0.2) is 13.2 Å². The van der Waals surface area contributed by atoms with Crippen LogP contribution in [0.3, 0.4) is 0 Å². The van der Waals surface area contributed by atoms with Gasteiger partial charge in [0, 0.05) is 22.6 Å². The number of hydrogen-bond donors (Lipinski definition) is 1. The van der Waals surface area contributed by atoms with Crippen molar-refractivity contribution in [1.82, 2.24) is 5.32 Å². The highest BCUT2D eigenvalue weighted by Crippen LogP contribution is 2.33. The van der Waals surface area contributed by atoms with E-state index in [9.17, 15) is 13.2 Å². The van der Waals surface area contributed by atoms with Gasteiger partial charge in [0.25, 0.3) is 0 Å². The molecule has 0 fully saturated rings. The maximum atomic E-state index is 13.8. The van der Waals surface area contributed by atoms with E-state index in [0.717, 1.165) is 0 Å². The normalized spacial score (nSPS) is 12.7. The molecule has 1 unspecified atom stereocenters. The van der Waals surface area contributed by atoms with Gasteiger partial charge in [0.15, 0.2) is 0 Å². The molecule has 0 radical (unpaired) electrons. The lowest BCUT2D eigenvalue weighted by molar-refractivity contribution is 0.494. The molecule has 0 aliphatic rings. The number of thiophene rings is 1. The predicted octanol–water partition coefficient (Wildman–Crippen LogP) is 4.52. The fourth-order valence-corrected chi connectivity index (χ4v) is 3.01. The molecule has 1 aromatic carbocycles. The van der Waals surface area contributed by atoms with Gasteiger partial charge in [-0.05, 0) is 18.7 Å². The van der Waals surface area contributed by atoms with Crippen LogP contribution in [0.5, 0.6) is 0 Å². The minimum atomic E-state index is -0.932. The highest BCUT2D eigenvalue weighted by Gasteiger charge is 2.23. The van der Waals surface area contributed by atoms with Crippen molar-refractivity contribution in [3.05, 3.63) is 56.5 Å². The van der Waals surface area contributed by atoms with Gasteiger partial charge in [0.2, 0.25) is 0 Å². The van der Waals surface area contributed by atoms with Crippen LogP contribution in [0, 0.1) is 17.5 Å². The van der Waals surface area contributed by atoms with Crippen LogP contribution in [0.4, 0.5) is 13.2 Å². The fourth-order valence-electron chi connectivity index (χ4n) is 1.86. The largest absolute Gasteiger partial charge is 0.306 e. The maximum Gasteiger partial charge on any atom is 0.134 e. The summed E-state index contributed by atoms with van der Waals surface area (Å²) in [6, 6.07) is 4.03. The molecule has 102 valence electrons. The van der Waals surface area contributed by atoms with E-state index in [-0.39, 0.29) is 5.56 Å². The molecule has 0 aliphatic heterocycles. The van der Waals surface area contributed by atoms with Crippen molar-refractivity contribution in [3.8, 4) is 0 Å². The summed E-state index contributed by atoms with van der Waals surface area (Å²) in [7, 11) is 0. The van der Waals surface area contributed by atoms with E-state index >= 15 is 0 Å². The second kappa shape index (κ2) is 5.94. The Kier molecular flexibility index (Phi) is 4.50. The first-order valence-corrected chi connectivity index (χ1v) is 6.85. The summed E-state index contributed by atoms with van der Waals surface area (Å²) in [6.07, 6.45) is 0. The predicted molar refractivity (Wildman–Crippen MR) is 71.2 cm³/mol. The first-order chi connectivity index (χ1) is 9.02. The number of halogens is 4. The molecular weight excluding hydrogens is 295 g/mol. The molecule has 0 spiro atoms. The average molecular weight is 306 g/mol. The third kappa shape index (κ3) is 3.11. The molecule has 2 aromatic rings. The van der Waals surface area contributed by atoms with E-state index < -0.39 is 23.5 Å². The molecule has 1 atom stereocenters. The molecular formula is C13H11ClF3NS. The van der Waals surface area contributed by atoms with E-state index in [2.05, 4.69) is 5.32 Å². The molecule has 6 heteroatoms. The van der Waals surface area contributed by atoms with Gasteiger partial charge in [-0.3, -0.25) is 0 Å². The smallest absolute Gasteiger partial charge is 0.134 e. The summed E-state index contributed by atoms with van der Waals surface area (Å²) in [6.45, 7) is 2.33. The number of hydrogen-bond acceptors (Lipinski definition) is 2. The Morgan fingerprint density at radius 3 is 2.32 bits per heavy atom. The number of nitrogens with one attached hydrogen (secondary N) is 1. The summed E-state index contributed by atoms with van der Waals surface area (Å²) < 4.78 is 41.1. The number of rotatable bonds is 4. The third-order valence-electron chi connectivity index (χ3n) is 2.62. The molecule has 0 saturated heterocycles. The zero-order valence-corrected chi connectivity index (χ0v) is 11.6.